The quantitative estimate of drug-likeness (QED) is 0.770. The molecule has 0 saturated carbocycles. The smallest absolute Gasteiger partial charge is 0.222 e. The first-order valence-corrected chi connectivity index (χ1v) is 6.11. The molecule has 0 radical (unpaired) electrons. The summed E-state index contributed by atoms with van der Waals surface area (Å²) >= 11 is 0. The molecule has 0 atom stereocenters. The molecule has 0 spiro atoms. The molecule has 1 amide bonds. The lowest BCUT2D eigenvalue weighted by molar-refractivity contribution is -0.136. The van der Waals surface area contributed by atoms with E-state index in [1.807, 2.05) is 0 Å². The van der Waals surface area contributed by atoms with E-state index in [1.54, 1.807) is 11.9 Å². The second kappa shape index (κ2) is 6.21. The fourth-order valence-electron chi connectivity index (χ4n) is 1.96. The molecule has 1 saturated heterocycles. The number of rotatable bonds is 5. The zero-order chi connectivity index (χ0) is 12.0. The molecule has 94 valence electrons. The van der Waals surface area contributed by atoms with E-state index in [-0.39, 0.29) is 5.91 Å². The second-order valence-electron chi connectivity index (χ2n) is 4.69. The minimum atomic E-state index is -0.741. The van der Waals surface area contributed by atoms with Gasteiger partial charge in [0.25, 0.3) is 0 Å². The summed E-state index contributed by atoms with van der Waals surface area (Å²) in [6.07, 6.45) is 3.78. The van der Waals surface area contributed by atoms with Gasteiger partial charge in [0.2, 0.25) is 5.91 Å². The van der Waals surface area contributed by atoms with Crippen LogP contribution in [0.2, 0.25) is 0 Å². The minimum absolute atomic E-state index is 0.127. The Bertz CT molecular complexity index is 224. The van der Waals surface area contributed by atoms with Crippen LogP contribution in [-0.2, 0) is 9.53 Å². The first kappa shape index (κ1) is 13.5. The Kier molecular flexibility index (Phi) is 5.22. The molecule has 0 aromatic carbocycles. The average Bonchev–Trinajstić information content (AvgIpc) is 2.26. The van der Waals surface area contributed by atoms with Gasteiger partial charge in [-0.3, -0.25) is 4.79 Å². The maximum absolute atomic E-state index is 11.7. The van der Waals surface area contributed by atoms with Gasteiger partial charge in [0.1, 0.15) is 0 Å². The highest BCUT2D eigenvalue weighted by molar-refractivity contribution is 5.75. The number of amides is 1. The largest absolute Gasteiger partial charge is 0.388 e. The Hall–Kier alpha value is -0.610. The van der Waals surface area contributed by atoms with E-state index in [9.17, 15) is 9.90 Å². The van der Waals surface area contributed by atoms with Gasteiger partial charge in [0.05, 0.1) is 5.60 Å². The third-order valence-electron chi connectivity index (χ3n) is 3.12. The molecule has 0 aromatic rings. The number of nitrogens with zero attached hydrogens (tertiary/aromatic N) is 1. The van der Waals surface area contributed by atoms with Gasteiger partial charge in [0, 0.05) is 46.1 Å². The van der Waals surface area contributed by atoms with Gasteiger partial charge in [-0.1, -0.05) is 13.3 Å². The van der Waals surface area contributed by atoms with Crippen LogP contribution in [0, 0.1) is 0 Å². The van der Waals surface area contributed by atoms with E-state index >= 15 is 0 Å². The summed E-state index contributed by atoms with van der Waals surface area (Å²) in [5.74, 6) is 0.127. The lowest BCUT2D eigenvalue weighted by Crippen LogP contribution is -2.47. The van der Waals surface area contributed by atoms with Gasteiger partial charge >= 0.3 is 0 Å². The standard InChI is InChI=1S/C12H23NO3/c1-3-4-5-11(14)13(2)10-12(15)6-8-16-9-7-12/h15H,3-10H2,1-2H3. The zero-order valence-electron chi connectivity index (χ0n) is 10.4. The highest BCUT2D eigenvalue weighted by atomic mass is 16.5. The van der Waals surface area contributed by atoms with Gasteiger partial charge in [-0.25, -0.2) is 0 Å². The van der Waals surface area contributed by atoms with E-state index < -0.39 is 5.60 Å². The first-order chi connectivity index (χ1) is 7.57. The van der Waals surface area contributed by atoms with Gasteiger partial charge in [-0.05, 0) is 6.42 Å². The van der Waals surface area contributed by atoms with Gasteiger partial charge in [-0.15, -0.1) is 0 Å². The fourth-order valence-corrected chi connectivity index (χ4v) is 1.96. The van der Waals surface area contributed by atoms with E-state index in [1.165, 1.54) is 0 Å². The van der Waals surface area contributed by atoms with Crippen LogP contribution in [0.3, 0.4) is 0 Å². The molecular weight excluding hydrogens is 206 g/mol. The molecule has 0 unspecified atom stereocenters. The maximum atomic E-state index is 11.7. The molecule has 4 nitrogen and oxygen atoms in total. The Balaban J connectivity index is 2.36. The molecule has 1 heterocycles. The Morgan fingerprint density at radius 1 is 1.44 bits per heavy atom. The van der Waals surface area contributed by atoms with Crippen molar-refractivity contribution >= 4 is 5.91 Å². The SMILES string of the molecule is CCCCC(=O)N(C)CC1(O)CCOCC1. The number of carbonyl (C=O) groups is 1. The summed E-state index contributed by atoms with van der Waals surface area (Å²) in [4.78, 5) is 13.4. The van der Waals surface area contributed by atoms with Crippen LogP contribution in [0.4, 0.5) is 0 Å². The summed E-state index contributed by atoms with van der Waals surface area (Å²) in [5.41, 5.74) is -0.741. The van der Waals surface area contributed by atoms with Crippen molar-refractivity contribution in [3.8, 4) is 0 Å². The van der Waals surface area contributed by atoms with E-state index in [0.29, 0.717) is 39.0 Å². The van der Waals surface area contributed by atoms with Crippen LogP contribution in [0.1, 0.15) is 39.0 Å². The minimum Gasteiger partial charge on any atom is -0.388 e. The first-order valence-electron chi connectivity index (χ1n) is 6.11. The number of hydrogen-bond acceptors (Lipinski definition) is 3. The van der Waals surface area contributed by atoms with Crippen LogP contribution in [0.5, 0.6) is 0 Å². The monoisotopic (exact) mass is 229 g/mol. The van der Waals surface area contributed by atoms with E-state index in [0.717, 1.165) is 12.8 Å². The Labute approximate surface area is 97.6 Å². The van der Waals surface area contributed by atoms with Crippen molar-refractivity contribution < 1.29 is 14.6 Å². The molecular formula is C12H23NO3. The average molecular weight is 229 g/mol. The number of ether oxygens (including phenoxy) is 1. The van der Waals surface area contributed by atoms with Gasteiger partial charge in [0.15, 0.2) is 0 Å². The maximum Gasteiger partial charge on any atom is 0.222 e. The molecule has 0 aromatic heterocycles. The molecule has 1 rings (SSSR count). The molecule has 16 heavy (non-hydrogen) atoms. The van der Waals surface area contributed by atoms with Crippen molar-refractivity contribution in [3.05, 3.63) is 0 Å². The van der Waals surface area contributed by atoms with Crippen molar-refractivity contribution in [1.29, 1.82) is 0 Å². The molecule has 1 N–H and O–H groups in total. The van der Waals surface area contributed by atoms with Crippen molar-refractivity contribution in [2.24, 2.45) is 0 Å². The van der Waals surface area contributed by atoms with Crippen molar-refractivity contribution in [2.75, 3.05) is 26.8 Å². The Morgan fingerprint density at radius 3 is 2.62 bits per heavy atom. The summed E-state index contributed by atoms with van der Waals surface area (Å²) < 4.78 is 5.21. The highest BCUT2D eigenvalue weighted by Crippen LogP contribution is 2.21. The predicted molar refractivity (Wildman–Crippen MR) is 62.2 cm³/mol. The van der Waals surface area contributed by atoms with Crippen molar-refractivity contribution in [3.63, 3.8) is 0 Å². The van der Waals surface area contributed by atoms with Gasteiger partial charge in [-0.2, -0.15) is 0 Å². The number of likely N-dealkylation sites (N-methyl/N-ethyl adjacent to an activating group) is 1. The Morgan fingerprint density at radius 2 is 2.06 bits per heavy atom. The van der Waals surface area contributed by atoms with Crippen molar-refractivity contribution in [2.45, 2.75) is 44.6 Å². The summed E-state index contributed by atoms with van der Waals surface area (Å²) in [6, 6.07) is 0. The lowest BCUT2D eigenvalue weighted by Gasteiger charge is -2.35. The summed E-state index contributed by atoms with van der Waals surface area (Å²) in [5, 5.41) is 10.2. The normalized spacial score (nSPS) is 19.4. The van der Waals surface area contributed by atoms with E-state index in [2.05, 4.69) is 6.92 Å². The van der Waals surface area contributed by atoms with Crippen LogP contribution < -0.4 is 0 Å². The van der Waals surface area contributed by atoms with Crippen LogP contribution in [-0.4, -0.2) is 48.3 Å². The highest BCUT2D eigenvalue weighted by Gasteiger charge is 2.32. The van der Waals surface area contributed by atoms with Crippen LogP contribution in [0.15, 0.2) is 0 Å². The lowest BCUT2D eigenvalue weighted by atomic mass is 9.94. The topological polar surface area (TPSA) is 49.8 Å². The number of carbonyl (C=O) groups excluding carboxylic acids is 1. The third-order valence-corrected chi connectivity index (χ3v) is 3.12. The summed E-state index contributed by atoms with van der Waals surface area (Å²) in [7, 11) is 1.77. The second-order valence-corrected chi connectivity index (χ2v) is 4.69. The summed E-state index contributed by atoms with van der Waals surface area (Å²) in [6.45, 7) is 3.68. The zero-order valence-corrected chi connectivity index (χ0v) is 10.4. The molecule has 0 aliphatic carbocycles. The number of hydrogen-bond donors (Lipinski definition) is 1. The molecule has 4 heteroatoms. The van der Waals surface area contributed by atoms with Gasteiger partial charge < -0.3 is 14.7 Å². The van der Waals surface area contributed by atoms with Crippen LogP contribution in [0.25, 0.3) is 0 Å². The number of unbranched alkanes of at least 4 members (excludes halogenated alkanes) is 1. The van der Waals surface area contributed by atoms with Crippen LogP contribution >= 0.6 is 0 Å². The molecule has 1 fully saturated rings. The molecule has 1 aliphatic heterocycles. The fraction of sp³-hybridized carbons (Fsp3) is 0.917. The number of aliphatic hydroxyl groups is 1. The predicted octanol–water partition coefficient (Wildman–Crippen LogP) is 1.18. The van der Waals surface area contributed by atoms with E-state index in [4.69, 9.17) is 4.74 Å². The van der Waals surface area contributed by atoms with Crippen molar-refractivity contribution in [1.82, 2.24) is 4.90 Å². The molecule has 0 bridgehead atoms. The molecule has 1 aliphatic rings. The third kappa shape index (κ3) is 4.10.